The number of nitrogens with one attached hydrogen (secondary N) is 1. The molecule has 0 aliphatic carbocycles. The number of esters is 1. The van der Waals surface area contributed by atoms with E-state index in [0.29, 0.717) is 6.42 Å². The van der Waals surface area contributed by atoms with Crippen molar-refractivity contribution in [1.29, 1.82) is 0 Å². The van der Waals surface area contributed by atoms with E-state index in [0.717, 1.165) is 40.0 Å². The van der Waals surface area contributed by atoms with Crippen LogP contribution in [0.1, 0.15) is 97.6 Å². The van der Waals surface area contributed by atoms with Crippen LogP contribution >= 0.6 is 11.6 Å². The molecule has 0 radical (unpaired) electrons. The SMILES string of the molecule is CCC[CH2][Sn]([CH2]CCC)([CH2]CCC)[c]1cc2c(cc1Cl)N[C@H]1N(C(=O)OCc3ccccc3)[C@H](C(=O)OC)C[C@@]21O[Si](CC)(CC)CC. The molecule has 2 heterocycles. The fourth-order valence-corrected chi connectivity index (χ4v) is 28.9. The number of unbranched alkanes of at least 4 members (excludes halogenated alkanes) is 3. The van der Waals surface area contributed by atoms with Crippen molar-refractivity contribution in [2.75, 3.05) is 12.4 Å². The molecule has 2 aliphatic heterocycles. The summed E-state index contributed by atoms with van der Waals surface area (Å²) >= 11 is 4.34. The molecule has 1 amide bonds. The van der Waals surface area contributed by atoms with Gasteiger partial charge >= 0.3 is 295 Å². The summed E-state index contributed by atoms with van der Waals surface area (Å²) in [4.78, 5) is 29.2. The molecular formula is C38H59ClN2O5SiSn. The van der Waals surface area contributed by atoms with Gasteiger partial charge in [0.25, 0.3) is 0 Å². The van der Waals surface area contributed by atoms with E-state index in [1.54, 1.807) is 4.90 Å². The van der Waals surface area contributed by atoms with E-state index in [1.807, 2.05) is 30.3 Å². The molecular weight excluding hydrogens is 747 g/mol. The summed E-state index contributed by atoms with van der Waals surface area (Å²) in [7, 11) is -0.896. The van der Waals surface area contributed by atoms with Crippen molar-refractivity contribution < 1.29 is 23.5 Å². The predicted octanol–water partition coefficient (Wildman–Crippen LogP) is 9.95. The Bertz CT molecular complexity index is 1350. The molecule has 7 nitrogen and oxygen atoms in total. The van der Waals surface area contributed by atoms with Crippen molar-refractivity contribution >= 4 is 59.6 Å². The zero-order valence-corrected chi connectivity index (χ0v) is 35.1. The van der Waals surface area contributed by atoms with Crippen molar-refractivity contribution in [1.82, 2.24) is 4.90 Å². The maximum atomic E-state index is 14.1. The number of halogens is 1. The topological polar surface area (TPSA) is 77.1 Å². The number of likely N-dealkylation sites (tertiary alicyclic amines) is 1. The second-order valence-corrected chi connectivity index (χ2v) is 32.2. The standard InChI is InChI=1S/C26H32ClN2O5Si.3C4H9.Sn/c1-5-35(6-2,7-3)34-26-16-22(23(30)32-4)29(25(31)33-17-18-11-9-8-10-12-18)24(26)28-21-15-19(27)13-14-20(21)26;3*1-3-4-2;/h8-12,14-15,22,24,28H,5-7,16-17H2,1-4H3;3*1,3-4H2,2H3;/t22-,24-,26+;;;;/m0..../s1. The Morgan fingerprint density at radius 2 is 1.52 bits per heavy atom. The number of amides is 1. The second-order valence-electron chi connectivity index (χ2n) is 13.9. The summed E-state index contributed by atoms with van der Waals surface area (Å²) in [5.74, 6) is -0.458. The quantitative estimate of drug-likeness (QED) is 0.120. The first-order chi connectivity index (χ1) is 23.1. The van der Waals surface area contributed by atoms with Crippen LogP contribution in [0.25, 0.3) is 0 Å². The van der Waals surface area contributed by atoms with Gasteiger partial charge in [-0.05, 0) is 0 Å². The molecule has 0 aromatic heterocycles. The predicted molar refractivity (Wildman–Crippen MR) is 202 cm³/mol. The second kappa shape index (κ2) is 17.5. The summed E-state index contributed by atoms with van der Waals surface area (Å²) in [5.41, 5.74) is 1.90. The van der Waals surface area contributed by atoms with Gasteiger partial charge in [0, 0.05) is 0 Å². The van der Waals surface area contributed by atoms with E-state index < -0.39 is 56.6 Å². The number of fused-ring (bicyclic) bond motifs is 3. The molecule has 2 aromatic carbocycles. The zero-order valence-electron chi connectivity index (χ0n) is 30.5. The fourth-order valence-electron chi connectivity index (χ4n) is 8.13. The van der Waals surface area contributed by atoms with Crippen molar-refractivity contribution in [3.63, 3.8) is 0 Å². The molecule has 48 heavy (non-hydrogen) atoms. The van der Waals surface area contributed by atoms with Gasteiger partial charge in [-0.1, -0.05) is 6.07 Å². The Kier molecular flexibility index (Phi) is 14.2. The number of carbonyl (C=O) groups excluding carboxylic acids is 2. The minimum absolute atomic E-state index is 0.106. The number of nitrogens with zero attached hydrogens (tertiary/aromatic N) is 1. The number of benzene rings is 2. The Labute approximate surface area is 299 Å². The van der Waals surface area contributed by atoms with Crippen LogP contribution in [-0.2, 0) is 30.9 Å². The molecule has 4 rings (SSSR count). The molecule has 0 unspecified atom stereocenters. The maximum absolute atomic E-state index is 14.1. The van der Waals surface area contributed by atoms with E-state index >= 15 is 0 Å². The van der Waals surface area contributed by atoms with Gasteiger partial charge in [0.15, 0.2) is 0 Å². The van der Waals surface area contributed by atoms with Crippen molar-refractivity contribution in [2.24, 2.45) is 0 Å². The van der Waals surface area contributed by atoms with Crippen LogP contribution in [0.15, 0.2) is 42.5 Å². The third-order valence-corrected chi connectivity index (χ3v) is 32.3. The first kappa shape index (κ1) is 39.0. The van der Waals surface area contributed by atoms with E-state index in [1.165, 1.54) is 62.5 Å². The van der Waals surface area contributed by atoms with Gasteiger partial charge < -0.3 is 0 Å². The number of ether oxygens (including phenoxy) is 2. The van der Waals surface area contributed by atoms with Crippen LogP contribution in [0.4, 0.5) is 10.5 Å². The van der Waals surface area contributed by atoms with E-state index in [-0.39, 0.29) is 6.61 Å². The van der Waals surface area contributed by atoms with Crippen molar-refractivity contribution in [3.8, 4) is 0 Å². The zero-order chi connectivity index (χ0) is 35.0. The van der Waals surface area contributed by atoms with Gasteiger partial charge in [-0.15, -0.1) is 0 Å². The van der Waals surface area contributed by atoms with Gasteiger partial charge in [-0.3, -0.25) is 0 Å². The van der Waals surface area contributed by atoms with Crippen LogP contribution < -0.4 is 8.90 Å². The average Bonchev–Trinajstić information content (AvgIpc) is 3.58. The number of rotatable bonds is 18. The summed E-state index contributed by atoms with van der Waals surface area (Å²) < 4.78 is 24.1. The Morgan fingerprint density at radius 1 is 0.938 bits per heavy atom. The van der Waals surface area contributed by atoms with Crippen LogP contribution in [0.2, 0.25) is 36.5 Å². The molecule has 3 atom stereocenters. The number of methoxy groups -OCH3 is 1. The van der Waals surface area contributed by atoms with Crippen molar-refractivity contribution in [3.05, 3.63) is 58.6 Å². The molecule has 0 bridgehead atoms. The number of anilines is 1. The third kappa shape index (κ3) is 7.92. The van der Waals surface area contributed by atoms with Crippen LogP contribution in [0, 0.1) is 0 Å². The third-order valence-electron chi connectivity index (χ3n) is 11.2. The summed E-state index contributed by atoms with van der Waals surface area (Å²) in [6.07, 6.45) is 6.32. The minimum atomic E-state index is -3.02. The summed E-state index contributed by atoms with van der Waals surface area (Å²) in [5, 5.41) is 4.52. The molecule has 266 valence electrons. The van der Waals surface area contributed by atoms with Crippen LogP contribution in [0.3, 0.4) is 0 Å². The molecule has 10 heteroatoms. The number of carbonyl (C=O) groups is 2. The van der Waals surface area contributed by atoms with Crippen molar-refractivity contribution in [2.45, 2.75) is 142 Å². The fraction of sp³-hybridized carbons (Fsp3) is 0.632. The first-order valence-electron chi connectivity index (χ1n) is 18.5. The van der Waals surface area contributed by atoms with Gasteiger partial charge in [0.1, 0.15) is 0 Å². The van der Waals surface area contributed by atoms with Gasteiger partial charge in [-0.2, -0.15) is 0 Å². The Hall–Kier alpha value is -1.75. The average molecular weight is 806 g/mol. The molecule has 0 spiro atoms. The van der Waals surface area contributed by atoms with Gasteiger partial charge in [0.2, 0.25) is 0 Å². The first-order valence-corrected chi connectivity index (χ1v) is 28.9. The Balaban J connectivity index is 1.90. The molecule has 2 aromatic rings. The van der Waals surface area contributed by atoms with E-state index in [9.17, 15) is 9.59 Å². The van der Waals surface area contributed by atoms with E-state index in [2.05, 4.69) is 59.0 Å². The van der Waals surface area contributed by atoms with Gasteiger partial charge in [-0.25, -0.2) is 0 Å². The Morgan fingerprint density at radius 3 is 2.04 bits per heavy atom. The summed E-state index contributed by atoms with van der Waals surface area (Å²) in [6.45, 7) is 13.7. The van der Waals surface area contributed by atoms with Crippen LogP contribution in [0.5, 0.6) is 0 Å². The molecule has 2 aliphatic rings. The van der Waals surface area contributed by atoms with Gasteiger partial charge in [0.05, 0.1) is 0 Å². The normalized spacial score (nSPS) is 20.3. The molecule has 1 saturated heterocycles. The molecule has 1 N–H and O–H groups in total. The number of hydrogen-bond donors (Lipinski definition) is 1. The molecule has 1 fully saturated rings. The summed E-state index contributed by atoms with van der Waals surface area (Å²) in [6, 6.07) is 16.1. The monoisotopic (exact) mass is 806 g/mol. The van der Waals surface area contributed by atoms with Crippen LogP contribution in [-0.4, -0.2) is 63.0 Å². The molecule has 0 saturated carbocycles. The van der Waals surface area contributed by atoms with E-state index in [4.69, 9.17) is 25.5 Å². The number of hydrogen-bond acceptors (Lipinski definition) is 6.